The third-order valence-electron chi connectivity index (χ3n) is 5.48. The first-order valence-electron chi connectivity index (χ1n) is 9.76. The van der Waals surface area contributed by atoms with Gasteiger partial charge in [-0.2, -0.15) is 0 Å². The number of hydrogen-bond donors (Lipinski definition) is 1. The van der Waals surface area contributed by atoms with Crippen molar-refractivity contribution in [3.8, 4) is 5.75 Å². The predicted octanol–water partition coefficient (Wildman–Crippen LogP) is 2.47. The van der Waals surface area contributed by atoms with E-state index in [1.54, 1.807) is 0 Å². The fourth-order valence-electron chi connectivity index (χ4n) is 4.22. The van der Waals surface area contributed by atoms with Crippen molar-refractivity contribution in [3.63, 3.8) is 0 Å². The molecule has 0 radical (unpaired) electrons. The normalized spacial score (nSPS) is 20.9. The molecule has 1 spiro atoms. The molecular weight excluding hydrogens is 344 g/mol. The van der Waals surface area contributed by atoms with Gasteiger partial charge in [-0.05, 0) is 31.9 Å². The van der Waals surface area contributed by atoms with Gasteiger partial charge in [-0.1, -0.05) is 18.2 Å². The zero-order valence-corrected chi connectivity index (χ0v) is 16.5. The Morgan fingerprint density at radius 2 is 2.00 bits per heavy atom. The fraction of sp³-hybridized carbons (Fsp3) is 0.619. The van der Waals surface area contributed by atoms with Crippen molar-refractivity contribution in [3.05, 3.63) is 29.8 Å². The molecule has 1 unspecified atom stereocenters. The molecule has 2 amide bonds. The van der Waals surface area contributed by atoms with Gasteiger partial charge in [0.2, 0.25) is 11.8 Å². The zero-order valence-electron chi connectivity index (χ0n) is 16.5. The molecule has 3 rings (SSSR count). The molecule has 2 aliphatic rings. The van der Waals surface area contributed by atoms with Gasteiger partial charge in [0.1, 0.15) is 18.0 Å². The van der Waals surface area contributed by atoms with Crippen LogP contribution in [-0.2, 0) is 14.3 Å². The molecule has 2 heterocycles. The monoisotopic (exact) mass is 374 g/mol. The molecule has 0 aromatic heterocycles. The molecule has 6 heteroatoms. The van der Waals surface area contributed by atoms with Crippen molar-refractivity contribution >= 4 is 11.8 Å². The number of hydrogen-bond acceptors (Lipinski definition) is 4. The SMILES string of the molecule is COCC(=O)N1CCC2(CC1)CC(CC(=O)NC(C)C)c1ccccc1O2. The van der Waals surface area contributed by atoms with Gasteiger partial charge in [0.05, 0.1) is 0 Å². The number of fused-ring (bicyclic) bond motifs is 1. The molecule has 2 aliphatic heterocycles. The van der Waals surface area contributed by atoms with Crippen LogP contribution in [0, 0.1) is 0 Å². The number of benzene rings is 1. The van der Waals surface area contributed by atoms with E-state index in [2.05, 4.69) is 11.4 Å². The number of para-hydroxylation sites is 1. The summed E-state index contributed by atoms with van der Waals surface area (Å²) < 4.78 is 11.4. The minimum absolute atomic E-state index is 0.0245. The Balaban J connectivity index is 1.74. The van der Waals surface area contributed by atoms with Crippen LogP contribution < -0.4 is 10.1 Å². The number of piperidine rings is 1. The number of carbonyl (C=O) groups excluding carboxylic acids is 2. The van der Waals surface area contributed by atoms with Gasteiger partial charge in [0.15, 0.2) is 0 Å². The topological polar surface area (TPSA) is 67.9 Å². The molecule has 1 fully saturated rings. The molecule has 1 saturated heterocycles. The number of methoxy groups -OCH3 is 1. The highest BCUT2D eigenvalue weighted by atomic mass is 16.5. The minimum atomic E-state index is -0.305. The second kappa shape index (κ2) is 8.30. The maximum Gasteiger partial charge on any atom is 0.248 e. The van der Waals surface area contributed by atoms with E-state index in [9.17, 15) is 9.59 Å². The van der Waals surface area contributed by atoms with Gasteiger partial charge in [-0.3, -0.25) is 9.59 Å². The van der Waals surface area contributed by atoms with E-state index in [4.69, 9.17) is 9.47 Å². The van der Waals surface area contributed by atoms with Gasteiger partial charge in [-0.25, -0.2) is 0 Å². The maximum atomic E-state index is 12.4. The summed E-state index contributed by atoms with van der Waals surface area (Å²) in [5.74, 6) is 1.11. The van der Waals surface area contributed by atoms with E-state index in [0.29, 0.717) is 19.5 Å². The number of nitrogens with zero attached hydrogens (tertiary/aromatic N) is 1. The van der Waals surface area contributed by atoms with Gasteiger partial charge >= 0.3 is 0 Å². The summed E-state index contributed by atoms with van der Waals surface area (Å²) in [6.07, 6.45) is 2.83. The van der Waals surface area contributed by atoms with Crippen LogP contribution in [0.25, 0.3) is 0 Å². The molecular formula is C21H30N2O4. The summed E-state index contributed by atoms with van der Waals surface area (Å²) in [5, 5.41) is 3.00. The van der Waals surface area contributed by atoms with Crippen LogP contribution in [0.1, 0.15) is 51.0 Å². The summed E-state index contributed by atoms with van der Waals surface area (Å²) in [7, 11) is 1.54. The van der Waals surface area contributed by atoms with Crippen molar-refractivity contribution < 1.29 is 19.1 Å². The van der Waals surface area contributed by atoms with Crippen molar-refractivity contribution in [2.75, 3.05) is 26.8 Å². The molecule has 6 nitrogen and oxygen atoms in total. The Bertz CT molecular complexity index is 681. The summed E-state index contributed by atoms with van der Waals surface area (Å²) in [6, 6.07) is 8.16. The highest BCUT2D eigenvalue weighted by Crippen LogP contribution is 2.46. The largest absolute Gasteiger partial charge is 0.487 e. The second-order valence-corrected chi connectivity index (χ2v) is 7.96. The van der Waals surface area contributed by atoms with Crippen LogP contribution in [-0.4, -0.2) is 55.2 Å². The number of likely N-dealkylation sites (tertiary alicyclic amines) is 1. The van der Waals surface area contributed by atoms with E-state index in [1.165, 1.54) is 7.11 Å². The molecule has 1 aromatic rings. The first-order valence-corrected chi connectivity index (χ1v) is 9.76. The number of carbonyl (C=O) groups is 2. The third-order valence-corrected chi connectivity index (χ3v) is 5.48. The van der Waals surface area contributed by atoms with Crippen LogP contribution in [0.2, 0.25) is 0 Å². The van der Waals surface area contributed by atoms with Crippen molar-refractivity contribution in [1.29, 1.82) is 0 Å². The average Bonchev–Trinajstić information content (AvgIpc) is 2.61. The van der Waals surface area contributed by atoms with E-state index in [-0.39, 0.29) is 36.0 Å². The zero-order chi connectivity index (χ0) is 19.4. The molecule has 27 heavy (non-hydrogen) atoms. The Hall–Kier alpha value is -2.08. The first-order chi connectivity index (χ1) is 12.9. The van der Waals surface area contributed by atoms with Crippen molar-refractivity contribution in [2.45, 2.75) is 57.1 Å². The van der Waals surface area contributed by atoms with E-state index in [0.717, 1.165) is 30.6 Å². The highest BCUT2D eigenvalue weighted by Gasteiger charge is 2.44. The van der Waals surface area contributed by atoms with E-state index < -0.39 is 0 Å². The van der Waals surface area contributed by atoms with Gasteiger partial charge in [-0.15, -0.1) is 0 Å². The lowest BCUT2D eigenvalue weighted by atomic mass is 9.76. The highest BCUT2D eigenvalue weighted by molar-refractivity contribution is 5.78. The number of nitrogens with one attached hydrogen (secondary N) is 1. The first kappa shape index (κ1) is 19.7. The number of amides is 2. The van der Waals surface area contributed by atoms with Gasteiger partial charge in [0, 0.05) is 51.4 Å². The summed E-state index contributed by atoms with van der Waals surface area (Å²) in [4.78, 5) is 26.3. The Labute approximate surface area is 161 Å². The summed E-state index contributed by atoms with van der Waals surface area (Å²) in [6.45, 7) is 5.40. The lowest BCUT2D eigenvalue weighted by Gasteiger charge is -2.47. The molecule has 1 atom stereocenters. The fourth-order valence-corrected chi connectivity index (χ4v) is 4.22. The second-order valence-electron chi connectivity index (χ2n) is 7.96. The van der Waals surface area contributed by atoms with Gasteiger partial charge < -0.3 is 19.7 Å². The van der Waals surface area contributed by atoms with Crippen LogP contribution in [0.5, 0.6) is 5.75 Å². The molecule has 1 N–H and O–H groups in total. The van der Waals surface area contributed by atoms with Crippen LogP contribution >= 0.6 is 0 Å². The Morgan fingerprint density at radius 1 is 1.30 bits per heavy atom. The Morgan fingerprint density at radius 3 is 2.67 bits per heavy atom. The third kappa shape index (κ3) is 4.61. The molecule has 0 saturated carbocycles. The maximum absolute atomic E-state index is 12.4. The number of ether oxygens (including phenoxy) is 2. The molecule has 148 valence electrons. The van der Waals surface area contributed by atoms with Crippen molar-refractivity contribution in [1.82, 2.24) is 10.2 Å². The number of rotatable bonds is 5. The Kier molecular flexibility index (Phi) is 6.05. The van der Waals surface area contributed by atoms with Gasteiger partial charge in [0.25, 0.3) is 0 Å². The van der Waals surface area contributed by atoms with Crippen LogP contribution in [0.4, 0.5) is 0 Å². The molecule has 0 bridgehead atoms. The predicted molar refractivity (Wildman–Crippen MR) is 103 cm³/mol. The average molecular weight is 374 g/mol. The van der Waals surface area contributed by atoms with Crippen molar-refractivity contribution in [2.24, 2.45) is 0 Å². The van der Waals surface area contributed by atoms with Crippen LogP contribution in [0.15, 0.2) is 24.3 Å². The molecule has 0 aliphatic carbocycles. The summed E-state index contributed by atoms with van der Waals surface area (Å²) >= 11 is 0. The molecule has 1 aromatic carbocycles. The standard InChI is InChI=1S/C21H30N2O4/c1-15(2)22-19(24)12-16-13-21(27-18-7-5-4-6-17(16)18)8-10-23(11-9-21)20(25)14-26-3/h4-7,15-16H,8-14H2,1-3H3,(H,22,24). The minimum Gasteiger partial charge on any atom is -0.487 e. The smallest absolute Gasteiger partial charge is 0.248 e. The quantitative estimate of drug-likeness (QED) is 0.860. The summed E-state index contributed by atoms with van der Waals surface area (Å²) in [5.41, 5.74) is 0.806. The van der Waals surface area contributed by atoms with Crippen LogP contribution in [0.3, 0.4) is 0 Å². The van der Waals surface area contributed by atoms with E-state index >= 15 is 0 Å². The lowest BCUT2D eigenvalue weighted by molar-refractivity contribution is -0.139. The lowest BCUT2D eigenvalue weighted by Crippen LogP contribution is -2.52. The van der Waals surface area contributed by atoms with E-state index in [1.807, 2.05) is 36.9 Å².